The van der Waals surface area contributed by atoms with Crippen LogP contribution in [0.15, 0.2) is 29.2 Å². The maximum absolute atomic E-state index is 11.9. The van der Waals surface area contributed by atoms with Crippen molar-refractivity contribution >= 4 is 23.7 Å². The summed E-state index contributed by atoms with van der Waals surface area (Å²) in [5.74, 6) is -2.93. The molecule has 21 heavy (non-hydrogen) atoms. The quantitative estimate of drug-likeness (QED) is 0.473. The molecule has 1 atom stereocenters. The number of aliphatic hydroxyl groups is 1. The lowest BCUT2D eigenvalue weighted by atomic mass is 9.96. The van der Waals surface area contributed by atoms with E-state index in [2.05, 4.69) is 0 Å². The molecule has 0 radical (unpaired) electrons. The van der Waals surface area contributed by atoms with Gasteiger partial charge in [-0.05, 0) is 37.8 Å². The Labute approximate surface area is 128 Å². The number of benzene rings is 1. The fourth-order valence-corrected chi connectivity index (χ4v) is 2.22. The SMILES string of the molecule is CCOC(=O)C(C(=O)OCC)C(O)c1ccc(SC)cc1. The van der Waals surface area contributed by atoms with E-state index in [1.807, 2.05) is 18.4 Å². The Balaban J connectivity index is 2.99. The van der Waals surface area contributed by atoms with Gasteiger partial charge in [-0.3, -0.25) is 9.59 Å². The number of thioether (sulfide) groups is 1. The first-order chi connectivity index (χ1) is 10.0. The highest BCUT2D eigenvalue weighted by Crippen LogP contribution is 2.26. The van der Waals surface area contributed by atoms with Crippen LogP contribution in [-0.4, -0.2) is 36.5 Å². The molecule has 5 nitrogen and oxygen atoms in total. The van der Waals surface area contributed by atoms with Gasteiger partial charge in [0.15, 0.2) is 5.92 Å². The van der Waals surface area contributed by atoms with Crippen molar-refractivity contribution in [1.82, 2.24) is 0 Å². The Morgan fingerprint density at radius 3 is 1.95 bits per heavy atom. The molecule has 0 amide bonds. The van der Waals surface area contributed by atoms with Gasteiger partial charge in [-0.1, -0.05) is 12.1 Å². The van der Waals surface area contributed by atoms with E-state index in [-0.39, 0.29) is 13.2 Å². The van der Waals surface area contributed by atoms with E-state index < -0.39 is 24.0 Å². The zero-order valence-corrected chi connectivity index (χ0v) is 13.2. The van der Waals surface area contributed by atoms with Crippen LogP contribution in [-0.2, 0) is 19.1 Å². The smallest absolute Gasteiger partial charge is 0.323 e. The van der Waals surface area contributed by atoms with Crippen molar-refractivity contribution in [3.8, 4) is 0 Å². The van der Waals surface area contributed by atoms with Crippen molar-refractivity contribution in [1.29, 1.82) is 0 Å². The number of aliphatic hydroxyl groups excluding tert-OH is 1. The maximum atomic E-state index is 11.9. The van der Waals surface area contributed by atoms with Crippen molar-refractivity contribution < 1.29 is 24.2 Å². The monoisotopic (exact) mass is 312 g/mol. The standard InChI is InChI=1S/C15H20O5S/c1-4-19-14(17)12(15(18)20-5-2)13(16)10-6-8-11(21-3)9-7-10/h6-9,12-13,16H,4-5H2,1-3H3. The predicted molar refractivity (Wildman–Crippen MR) is 79.9 cm³/mol. The molecule has 0 saturated heterocycles. The van der Waals surface area contributed by atoms with Crippen LogP contribution in [0.4, 0.5) is 0 Å². The van der Waals surface area contributed by atoms with Gasteiger partial charge in [-0.25, -0.2) is 0 Å². The number of hydrogen-bond donors (Lipinski definition) is 1. The number of rotatable bonds is 7. The summed E-state index contributed by atoms with van der Waals surface area (Å²) >= 11 is 1.56. The fraction of sp³-hybridized carbons (Fsp3) is 0.467. The van der Waals surface area contributed by atoms with E-state index in [1.165, 1.54) is 0 Å². The molecule has 0 aliphatic heterocycles. The third-order valence-corrected chi connectivity index (χ3v) is 3.60. The lowest BCUT2D eigenvalue weighted by Crippen LogP contribution is -2.33. The summed E-state index contributed by atoms with van der Waals surface area (Å²) in [4.78, 5) is 24.8. The van der Waals surface area contributed by atoms with E-state index in [0.29, 0.717) is 5.56 Å². The van der Waals surface area contributed by atoms with Crippen LogP contribution in [0.25, 0.3) is 0 Å². The summed E-state index contributed by atoms with van der Waals surface area (Å²) in [5, 5.41) is 10.3. The molecule has 0 saturated carbocycles. The first-order valence-electron chi connectivity index (χ1n) is 6.70. The van der Waals surface area contributed by atoms with Crippen LogP contribution in [0, 0.1) is 5.92 Å². The third kappa shape index (κ3) is 4.75. The Morgan fingerprint density at radius 1 is 1.10 bits per heavy atom. The average molecular weight is 312 g/mol. The Kier molecular flexibility index (Phi) is 7.25. The van der Waals surface area contributed by atoms with Crippen LogP contribution in [0.2, 0.25) is 0 Å². The molecule has 0 spiro atoms. The molecule has 0 bridgehead atoms. The van der Waals surface area contributed by atoms with E-state index in [0.717, 1.165) is 4.90 Å². The van der Waals surface area contributed by atoms with Crippen molar-refractivity contribution in [2.45, 2.75) is 24.8 Å². The van der Waals surface area contributed by atoms with E-state index in [1.54, 1.807) is 37.7 Å². The lowest BCUT2D eigenvalue weighted by molar-refractivity contribution is -0.167. The van der Waals surface area contributed by atoms with Crippen molar-refractivity contribution in [3.63, 3.8) is 0 Å². The molecule has 1 aromatic carbocycles. The summed E-state index contributed by atoms with van der Waals surface area (Å²) < 4.78 is 9.71. The number of carbonyl (C=O) groups is 2. The largest absolute Gasteiger partial charge is 0.465 e. The Morgan fingerprint density at radius 2 is 1.57 bits per heavy atom. The zero-order valence-electron chi connectivity index (χ0n) is 12.4. The van der Waals surface area contributed by atoms with Gasteiger partial charge in [-0.15, -0.1) is 11.8 Å². The summed E-state index contributed by atoms with van der Waals surface area (Å²) in [6.07, 6.45) is 0.643. The minimum atomic E-state index is -1.37. The maximum Gasteiger partial charge on any atom is 0.323 e. The highest BCUT2D eigenvalue weighted by molar-refractivity contribution is 7.98. The zero-order chi connectivity index (χ0) is 15.8. The third-order valence-electron chi connectivity index (χ3n) is 2.85. The van der Waals surface area contributed by atoms with Gasteiger partial charge in [0.2, 0.25) is 0 Å². The average Bonchev–Trinajstić information content (AvgIpc) is 2.48. The molecule has 0 aliphatic rings. The van der Waals surface area contributed by atoms with Gasteiger partial charge in [-0.2, -0.15) is 0 Å². The molecule has 6 heteroatoms. The van der Waals surface area contributed by atoms with Crippen LogP contribution in [0.1, 0.15) is 25.5 Å². The molecule has 1 N–H and O–H groups in total. The summed E-state index contributed by atoms with van der Waals surface area (Å²) in [5.41, 5.74) is 0.471. The lowest BCUT2D eigenvalue weighted by Gasteiger charge is -2.20. The molecular formula is C15H20O5S. The van der Waals surface area contributed by atoms with Crippen LogP contribution in [0.5, 0.6) is 0 Å². The number of hydrogen-bond acceptors (Lipinski definition) is 6. The summed E-state index contributed by atoms with van der Waals surface area (Å²) in [6, 6.07) is 7.00. The number of carbonyl (C=O) groups excluding carboxylic acids is 2. The number of ether oxygens (including phenoxy) is 2. The second-order valence-electron chi connectivity index (χ2n) is 4.20. The topological polar surface area (TPSA) is 72.8 Å². The highest BCUT2D eigenvalue weighted by atomic mass is 32.2. The highest BCUT2D eigenvalue weighted by Gasteiger charge is 2.37. The molecule has 0 fully saturated rings. The van der Waals surface area contributed by atoms with Gasteiger partial charge < -0.3 is 14.6 Å². The minimum Gasteiger partial charge on any atom is -0.465 e. The van der Waals surface area contributed by atoms with Gasteiger partial charge in [0.05, 0.1) is 13.2 Å². The summed E-state index contributed by atoms with van der Waals surface area (Å²) in [6.45, 7) is 3.54. The first-order valence-corrected chi connectivity index (χ1v) is 7.92. The van der Waals surface area contributed by atoms with Crippen molar-refractivity contribution in [3.05, 3.63) is 29.8 Å². The van der Waals surface area contributed by atoms with Crippen molar-refractivity contribution in [2.75, 3.05) is 19.5 Å². The minimum absolute atomic E-state index is 0.132. The normalized spacial score (nSPS) is 12.0. The predicted octanol–water partition coefficient (Wildman–Crippen LogP) is 2.18. The van der Waals surface area contributed by atoms with Crippen molar-refractivity contribution in [2.24, 2.45) is 5.92 Å². The summed E-state index contributed by atoms with van der Waals surface area (Å²) in [7, 11) is 0. The van der Waals surface area contributed by atoms with Gasteiger partial charge in [0.1, 0.15) is 6.10 Å². The van der Waals surface area contributed by atoms with Gasteiger partial charge in [0, 0.05) is 4.90 Å². The molecular weight excluding hydrogens is 292 g/mol. The molecule has 1 rings (SSSR count). The van der Waals surface area contributed by atoms with E-state index in [4.69, 9.17) is 9.47 Å². The molecule has 0 aromatic heterocycles. The molecule has 0 aliphatic carbocycles. The van der Waals surface area contributed by atoms with E-state index >= 15 is 0 Å². The first kappa shape index (κ1) is 17.5. The van der Waals surface area contributed by atoms with Gasteiger partial charge >= 0.3 is 11.9 Å². The van der Waals surface area contributed by atoms with Gasteiger partial charge in [0.25, 0.3) is 0 Å². The molecule has 116 valence electrons. The molecule has 0 heterocycles. The van der Waals surface area contributed by atoms with E-state index in [9.17, 15) is 14.7 Å². The second kappa shape index (κ2) is 8.69. The second-order valence-corrected chi connectivity index (χ2v) is 5.08. The Bertz CT molecular complexity index is 453. The fourth-order valence-electron chi connectivity index (χ4n) is 1.81. The Hall–Kier alpha value is -1.53. The van der Waals surface area contributed by atoms with Crippen LogP contribution in [0.3, 0.4) is 0 Å². The molecule has 1 aromatic rings. The van der Waals surface area contributed by atoms with Crippen LogP contribution < -0.4 is 0 Å². The van der Waals surface area contributed by atoms with Crippen LogP contribution >= 0.6 is 11.8 Å². The molecule has 1 unspecified atom stereocenters. The number of esters is 2.